The number of hydrogen-bond acceptors (Lipinski definition) is 6. The van der Waals surface area contributed by atoms with Gasteiger partial charge in [-0.15, -0.1) is 0 Å². The molecule has 0 bridgehead atoms. The van der Waals surface area contributed by atoms with E-state index in [2.05, 4.69) is 10.6 Å². The molecule has 7 nitrogen and oxygen atoms in total. The first-order chi connectivity index (χ1) is 16.8. The van der Waals surface area contributed by atoms with Gasteiger partial charge in [-0.2, -0.15) is 11.8 Å². The van der Waals surface area contributed by atoms with Gasteiger partial charge in [-0.05, 0) is 41.9 Å². The maximum Gasteiger partial charge on any atom is 0.329 e. The number of hydrogen-bond donors (Lipinski definition) is 3. The van der Waals surface area contributed by atoms with Crippen LogP contribution in [-0.2, 0) is 32.1 Å². The van der Waals surface area contributed by atoms with Crippen LogP contribution in [0.25, 0.3) is 0 Å². The average molecular weight is 500 g/mol. The molecule has 0 saturated heterocycles. The summed E-state index contributed by atoms with van der Waals surface area (Å²) in [6, 6.07) is 16.4. The summed E-state index contributed by atoms with van der Waals surface area (Å²) in [5, 5.41) is 5.61. The Morgan fingerprint density at radius 3 is 2.03 bits per heavy atom. The molecule has 0 fully saturated rings. The van der Waals surface area contributed by atoms with E-state index >= 15 is 0 Å². The molecule has 0 radical (unpaired) electrons. The number of nitrogens with two attached hydrogens (primary N) is 1. The van der Waals surface area contributed by atoms with E-state index in [1.807, 2.05) is 80.8 Å². The van der Waals surface area contributed by atoms with E-state index in [9.17, 15) is 14.4 Å². The minimum Gasteiger partial charge on any atom is -0.459 e. The third-order valence-corrected chi connectivity index (χ3v) is 6.06. The first kappa shape index (κ1) is 28.4. The van der Waals surface area contributed by atoms with Gasteiger partial charge in [0.25, 0.3) is 0 Å². The van der Waals surface area contributed by atoms with Gasteiger partial charge in [-0.1, -0.05) is 74.5 Å². The molecule has 8 heteroatoms. The van der Waals surface area contributed by atoms with Crippen LogP contribution < -0.4 is 16.4 Å². The third-order valence-electron chi connectivity index (χ3n) is 5.42. The highest BCUT2D eigenvalue weighted by Crippen LogP contribution is 2.10. The van der Waals surface area contributed by atoms with E-state index in [0.29, 0.717) is 12.8 Å². The number of carbonyl (C=O) groups excluding carboxylic acids is 3. The Labute approximate surface area is 212 Å². The van der Waals surface area contributed by atoms with E-state index in [4.69, 9.17) is 10.5 Å². The molecular formula is C27H37N3O4S. The number of ether oxygens (including phenoxy) is 1. The van der Waals surface area contributed by atoms with Crippen LogP contribution in [0.15, 0.2) is 60.7 Å². The summed E-state index contributed by atoms with van der Waals surface area (Å²) in [7, 11) is 0. The van der Waals surface area contributed by atoms with Crippen LogP contribution in [0, 0.1) is 5.92 Å². The lowest BCUT2D eigenvalue weighted by Crippen LogP contribution is -2.55. The largest absolute Gasteiger partial charge is 0.459 e. The highest BCUT2D eigenvalue weighted by molar-refractivity contribution is 7.98. The van der Waals surface area contributed by atoms with E-state index in [1.54, 1.807) is 11.8 Å². The Hall–Kier alpha value is -2.84. The zero-order valence-electron chi connectivity index (χ0n) is 20.7. The summed E-state index contributed by atoms with van der Waals surface area (Å²) in [6.45, 7) is 4.04. The SMILES string of the molecule is CSCC[C@H](N)C(=O)N[C@@H](CC(C)C)C(=O)N[C@@H](Cc1ccccc1)C(=O)OCc1ccccc1. The van der Waals surface area contributed by atoms with Crippen LogP contribution in [0.4, 0.5) is 0 Å². The highest BCUT2D eigenvalue weighted by atomic mass is 32.2. The third kappa shape index (κ3) is 10.5. The van der Waals surface area contributed by atoms with E-state index < -0.39 is 30.0 Å². The summed E-state index contributed by atoms with van der Waals surface area (Å²) >= 11 is 1.61. The van der Waals surface area contributed by atoms with Crippen molar-refractivity contribution in [3.63, 3.8) is 0 Å². The van der Waals surface area contributed by atoms with Gasteiger partial charge in [-0.3, -0.25) is 9.59 Å². The van der Waals surface area contributed by atoms with Gasteiger partial charge in [0.2, 0.25) is 11.8 Å². The van der Waals surface area contributed by atoms with Crippen molar-refractivity contribution in [2.75, 3.05) is 12.0 Å². The zero-order chi connectivity index (χ0) is 25.6. The molecule has 2 aromatic rings. The summed E-state index contributed by atoms with van der Waals surface area (Å²) < 4.78 is 5.52. The molecule has 0 heterocycles. The van der Waals surface area contributed by atoms with E-state index in [1.165, 1.54) is 0 Å². The summed E-state index contributed by atoms with van der Waals surface area (Å²) in [5.74, 6) is -0.432. The van der Waals surface area contributed by atoms with Crippen LogP contribution in [0.3, 0.4) is 0 Å². The van der Waals surface area contributed by atoms with Gasteiger partial charge in [0.15, 0.2) is 0 Å². The Kier molecular flexibility index (Phi) is 12.3. The fraction of sp³-hybridized carbons (Fsp3) is 0.444. The van der Waals surface area contributed by atoms with Crippen LogP contribution in [0.5, 0.6) is 0 Å². The predicted molar refractivity (Wildman–Crippen MR) is 141 cm³/mol. The maximum atomic E-state index is 13.3. The molecule has 0 spiro atoms. The van der Waals surface area contributed by atoms with E-state index in [0.717, 1.165) is 16.9 Å². The van der Waals surface area contributed by atoms with Crippen LogP contribution in [-0.4, -0.2) is 47.9 Å². The van der Waals surface area contributed by atoms with E-state index in [-0.39, 0.29) is 24.9 Å². The number of thioether (sulfide) groups is 1. The van der Waals surface area contributed by atoms with Gasteiger partial charge in [0, 0.05) is 6.42 Å². The number of esters is 1. The van der Waals surface area contributed by atoms with Crippen LogP contribution in [0.2, 0.25) is 0 Å². The minimum absolute atomic E-state index is 0.108. The quantitative estimate of drug-likeness (QED) is 0.345. The topological polar surface area (TPSA) is 111 Å². The number of nitrogens with one attached hydrogen (secondary N) is 2. The predicted octanol–water partition coefficient (Wildman–Crippen LogP) is 3.07. The monoisotopic (exact) mass is 499 g/mol. The fourth-order valence-corrected chi connectivity index (χ4v) is 3.99. The second-order valence-corrected chi connectivity index (χ2v) is 9.91. The first-order valence-electron chi connectivity index (χ1n) is 11.9. The highest BCUT2D eigenvalue weighted by Gasteiger charge is 2.29. The lowest BCUT2D eigenvalue weighted by atomic mass is 10.0. The van der Waals surface area contributed by atoms with Crippen molar-refractivity contribution in [1.29, 1.82) is 0 Å². The summed E-state index contributed by atoms with van der Waals surface area (Å²) in [4.78, 5) is 38.9. The van der Waals surface area contributed by atoms with Gasteiger partial charge in [0.05, 0.1) is 6.04 Å². The molecule has 0 unspecified atom stereocenters. The van der Waals surface area contributed by atoms with Crippen molar-refractivity contribution in [3.05, 3.63) is 71.8 Å². The van der Waals surface area contributed by atoms with Crippen molar-refractivity contribution in [3.8, 4) is 0 Å². The van der Waals surface area contributed by atoms with Gasteiger partial charge in [-0.25, -0.2) is 4.79 Å². The molecule has 190 valence electrons. The lowest BCUT2D eigenvalue weighted by Gasteiger charge is -2.25. The molecular weight excluding hydrogens is 462 g/mol. The first-order valence-corrected chi connectivity index (χ1v) is 13.3. The normalized spacial score (nSPS) is 13.5. The smallest absolute Gasteiger partial charge is 0.329 e. The Balaban J connectivity index is 2.12. The van der Waals surface area contributed by atoms with Gasteiger partial charge >= 0.3 is 5.97 Å². The lowest BCUT2D eigenvalue weighted by molar-refractivity contribution is -0.149. The minimum atomic E-state index is -0.898. The molecule has 0 saturated carbocycles. The maximum absolute atomic E-state index is 13.3. The van der Waals surface area contributed by atoms with Crippen molar-refractivity contribution in [2.24, 2.45) is 11.7 Å². The molecule has 0 aliphatic carbocycles. The van der Waals surface area contributed by atoms with Crippen LogP contribution >= 0.6 is 11.8 Å². The summed E-state index contributed by atoms with van der Waals surface area (Å²) in [6.07, 6.45) is 3.16. The number of amides is 2. The summed E-state index contributed by atoms with van der Waals surface area (Å²) in [5.41, 5.74) is 7.74. The molecule has 0 aliphatic rings. The molecule has 0 aromatic heterocycles. The van der Waals surface area contributed by atoms with Crippen molar-refractivity contribution >= 4 is 29.5 Å². The van der Waals surface area contributed by atoms with Gasteiger partial charge in [0.1, 0.15) is 18.7 Å². The van der Waals surface area contributed by atoms with Gasteiger partial charge < -0.3 is 21.1 Å². The van der Waals surface area contributed by atoms with Crippen LogP contribution in [0.1, 0.15) is 37.8 Å². The standard InChI is InChI=1S/C27H37N3O4S/c1-19(2)16-23(29-25(31)22(28)14-15-35-3)26(32)30-24(17-20-10-6-4-7-11-20)27(33)34-18-21-12-8-5-9-13-21/h4-13,19,22-24H,14-18,28H2,1-3H3,(H,29,31)(H,30,32)/t22-,23-,24-/m0/s1. The molecule has 35 heavy (non-hydrogen) atoms. The molecule has 2 amide bonds. The average Bonchev–Trinajstić information content (AvgIpc) is 2.85. The molecule has 0 aliphatic heterocycles. The molecule has 4 N–H and O–H groups in total. The van der Waals surface area contributed by atoms with Crippen molar-refractivity contribution < 1.29 is 19.1 Å². The van der Waals surface area contributed by atoms with Crippen molar-refractivity contribution in [2.45, 2.75) is 57.8 Å². The number of rotatable bonds is 14. The molecule has 2 aromatic carbocycles. The molecule has 2 rings (SSSR count). The second-order valence-electron chi connectivity index (χ2n) is 8.92. The zero-order valence-corrected chi connectivity index (χ0v) is 21.6. The Morgan fingerprint density at radius 1 is 0.886 bits per heavy atom. The number of benzene rings is 2. The fourth-order valence-electron chi connectivity index (χ4n) is 3.50. The number of carbonyl (C=O) groups is 3. The Bertz CT molecular complexity index is 925. The Morgan fingerprint density at radius 2 is 1.46 bits per heavy atom. The van der Waals surface area contributed by atoms with Crippen molar-refractivity contribution in [1.82, 2.24) is 10.6 Å². The second kappa shape index (κ2) is 15.2. The molecule has 3 atom stereocenters.